The number of pyridine rings is 1. The highest BCUT2D eigenvalue weighted by Crippen LogP contribution is 2.26. The second kappa shape index (κ2) is 7.96. The first-order chi connectivity index (χ1) is 13.7. The summed E-state index contributed by atoms with van der Waals surface area (Å²) in [5.74, 6) is 0.889. The van der Waals surface area contributed by atoms with E-state index in [1.165, 1.54) is 0 Å². The minimum Gasteiger partial charge on any atom is -0.497 e. The maximum absolute atomic E-state index is 13.0. The van der Waals surface area contributed by atoms with Crippen molar-refractivity contribution in [3.05, 3.63) is 72.1 Å². The molecule has 28 heavy (non-hydrogen) atoms. The lowest BCUT2D eigenvalue weighted by Crippen LogP contribution is -2.43. The van der Waals surface area contributed by atoms with E-state index in [2.05, 4.69) is 21.9 Å². The van der Waals surface area contributed by atoms with E-state index < -0.39 is 0 Å². The molecule has 0 aliphatic carbocycles. The van der Waals surface area contributed by atoms with Gasteiger partial charge in [0.2, 0.25) is 5.91 Å². The Balaban J connectivity index is 1.44. The molecule has 4 rings (SSSR count). The molecule has 6 heteroatoms. The van der Waals surface area contributed by atoms with Crippen LogP contribution in [0.3, 0.4) is 0 Å². The van der Waals surface area contributed by atoms with Crippen molar-refractivity contribution in [1.82, 2.24) is 20.7 Å². The quantitative estimate of drug-likeness (QED) is 0.717. The fraction of sp³-hybridized carbons (Fsp3) is 0.273. The number of hydrogen-bond donors (Lipinski definition) is 2. The van der Waals surface area contributed by atoms with Crippen LogP contribution in [0, 0.1) is 0 Å². The molecule has 1 fully saturated rings. The Labute approximate surface area is 164 Å². The molecule has 6 nitrogen and oxygen atoms in total. The average Bonchev–Trinajstić information content (AvgIpc) is 3.24. The Bertz CT molecular complexity index is 986. The number of likely N-dealkylation sites (N-methyl/N-ethyl adjacent to an activating group) is 1. The number of methoxy groups -OCH3 is 1. The number of carbonyl (C=O) groups excluding carboxylic acids is 1. The van der Waals surface area contributed by atoms with Gasteiger partial charge in [0.05, 0.1) is 7.11 Å². The first-order valence-electron chi connectivity index (χ1n) is 9.37. The summed E-state index contributed by atoms with van der Waals surface area (Å²) in [4.78, 5) is 18.9. The molecule has 0 saturated carbocycles. The van der Waals surface area contributed by atoms with E-state index in [9.17, 15) is 4.79 Å². The van der Waals surface area contributed by atoms with Crippen molar-refractivity contribution in [3.63, 3.8) is 0 Å². The van der Waals surface area contributed by atoms with Crippen LogP contribution in [0.2, 0.25) is 0 Å². The largest absolute Gasteiger partial charge is 0.497 e. The standard InChI is InChI=1S/C22H24N4O2/c1-26(14-17-7-3-6-16-13-23-10-9-19(16)17)22(27)21-12-20(24-25-21)15-5-4-8-18(11-15)28-2/h3-11,13,20-21,24-25H,12,14H2,1-2H3. The molecule has 0 spiro atoms. The number of nitrogens with zero attached hydrogens (tertiary/aromatic N) is 2. The number of amides is 1. The van der Waals surface area contributed by atoms with Gasteiger partial charge in [-0.25, -0.2) is 10.9 Å². The molecule has 2 aromatic carbocycles. The van der Waals surface area contributed by atoms with Crippen molar-refractivity contribution >= 4 is 16.7 Å². The molecule has 1 aliphatic heterocycles. The second-order valence-electron chi connectivity index (χ2n) is 7.11. The first-order valence-corrected chi connectivity index (χ1v) is 9.37. The Morgan fingerprint density at radius 2 is 2.07 bits per heavy atom. The third-order valence-electron chi connectivity index (χ3n) is 5.25. The van der Waals surface area contributed by atoms with Crippen LogP contribution in [0.1, 0.15) is 23.6 Å². The zero-order chi connectivity index (χ0) is 19.5. The molecule has 2 N–H and O–H groups in total. The molecule has 1 aliphatic rings. The third-order valence-corrected chi connectivity index (χ3v) is 5.25. The number of rotatable bonds is 5. The van der Waals surface area contributed by atoms with Crippen molar-refractivity contribution < 1.29 is 9.53 Å². The number of benzene rings is 2. The van der Waals surface area contributed by atoms with Crippen LogP contribution in [0.4, 0.5) is 0 Å². The lowest BCUT2D eigenvalue weighted by atomic mass is 10.0. The fourth-order valence-corrected chi connectivity index (χ4v) is 3.72. The van der Waals surface area contributed by atoms with Gasteiger partial charge in [0, 0.05) is 37.4 Å². The number of hydrazine groups is 1. The summed E-state index contributed by atoms with van der Waals surface area (Å²) in [5.41, 5.74) is 8.62. The van der Waals surface area contributed by atoms with Gasteiger partial charge in [-0.3, -0.25) is 9.78 Å². The van der Waals surface area contributed by atoms with Gasteiger partial charge in [0.1, 0.15) is 11.8 Å². The van der Waals surface area contributed by atoms with Gasteiger partial charge in [-0.1, -0.05) is 30.3 Å². The van der Waals surface area contributed by atoms with Crippen LogP contribution in [0.25, 0.3) is 10.8 Å². The highest BCUT2D eigenvalue weighted by Gasteiger charge is 2.32. The lowest BCUT2D eigenvalue weighted by Gasteiger charge is -2.21. The Morgan fingerprint density at radius 3 is 2.93 bits per heavy atom. The molecule has 3 aromatic rings. The van der Waals surface area contributed by atoms with Gasteiger partial charge in [0.25, 0.3) is 0 Å². The van der Waals surface area contributed by atoms with Crippen molar-refractivity contribution in [1.29, 1.82) is 0 Å². The van der Waals surface area contributed by atoms with E-state index in [0.717, 1.165) is 27.6 Å². The number of ether oxygens (including phenoxy) is 1. The summed E-state index contributed by atoms with van der Waals surface area (Å²) in [5, 5.41) is 2.21. The van der Waals surface area contributed by atoms with Crippen LogP contribution < -0.4 is 15.6 Å². The van der Waals surface area contributed by atoms with Gasteiger partial charge >= 0.3 is 0 Å². The maximum Gasteiger partial charge on any atom is 0.241 e. The fourth-order valence-electron chi connectivity index (χ4n) is 3.72. The second-order valence-corrected chi connectivity index (χ2v) is 7.11. The summed E-state index contributed by atoms with van der Waals surface area (Å²) >= 11 is 0. The Morgan fingerprint density at radius 1 is 1.21 bits per heavy atom. The van der Waals surface area contributed by atoms with Crippen LogP contribution in [0.15, 0.2) is 60.9 Å². The average molecular weight is 376 g/mol. The van der Waals surface area contributed by atoms with Crippen molar-refractivity contribution in [3.8, 4) is 5.75 Å². The van der Waals surface area contributed by atoms with E-state index in [4.69, 9.17) is 4.74 Å². The Kier molecular flexibility index (Phi) is 5.23. The predicted molar refractivity (Wildman–Crippen MR) is 109 cm³/mol. The minimum atomic E-state index is -0.266. The summed E-state index contributed by atoms with van der Waals surface area (Å²) in [6.07, 6.45) is 4.33. The smallest absolute Gasteiger partial charge is 0.241 e. The van der Waals surface area contributed by atoms with E-state index in [1.807, 2.05) is 55.7 Å². The molecule has 1 amide bonds. The molecule has 144 valence electrons. The Hall–Kier alpha value is -2.96. The molecule has 1 saturated heterocycles. The van der Waals surface area contributed by atoms with Gasteiger partial charge in [-0.2, -0.15) is 0 Å². The summed E-state index contributed by atoms with van der Waals surface area (Å²) < 4.78 is 5.30. The van der Waals surface area contributed by atoms with Crippen LogP contribution in [-0.2, 0) is 11.3 Å². The number of nitrogens with one attached hydrogen (secondary N) is 2. The van der Waals surface area contributed by atoms with Crippen LogP contribution in [-0.4, -0.2) is 36.0 Å². The molecule has 2 unspecified atom stereocenters. The molecule has 0 bridgehead atoms. The number of fused-ring (bicyclic) bond motifs is 1. The van der Waals surface area contributed by atoms with Crippen molar-refractivity contribution in [2.45, 2.75) is 25.0 Å². The molecule has 2 heterocycles. The molecular weight excluding hydrogens is 352 g/mol. The third kappa shape index (κ3) is 3.69. The topological polar surface area (TPSA) is 66.5 Å². The van der Waals surface area contributed by atoms with Gasteiger partial charge in [0.15, 0.2) is 0 Å². The van der Waals surface area contributed by atoms with Crippen molar-refractivity contribution in [2.75, 3.05) is 14.2 Å². The van der Waals surface area contributed by atoms with E-state index in [0.29, 0.717) is 13.0 Å². The SMILES string of the molecule is COc1cccc(C2CC(C(=O)N(C)Cc3cccc4cnccc34)NN2)c1. The molecule has 1 aromatic heterocycles. The lowest BCUT2D eigenvalue weighted by molar-refractivity contribution is -0.132. The van der Waals surface area contributed by atoms with Crippen LogP contribution >= 0.6 is 0 Å². The zero-order valence-electron chi connectivity index (χ0n) is 16.1. The molecule has 2 atom stereocenters. The normalized spacial score (nSPS) is 18.9. The first kappa shape index (κ1) is 18.4. The monoisotopic (exact) mass is 376 g/mol. The van der Waals surface area contributed by atoms with Gasteiger partial charge in [-0.05, 0) is 41.1 Å². The van der Waals surface area contributed by atoms with Gasteiger partial charge < -0.3 is 9.64 Å². The van der Waals surface area contributed by atoms with E-state index in [1.54, 1.807) is 18.2 Å². The van der Waals surface area contributed by atoms with Crippen molar-refractivity contribution in [2.24, 2.45) is 0 Å². The van der Waals surface area contributed by atoms with E-state index in [-0.39, 0.29) is 18.0 Å². The summed E-state index contributed by atoms with van der Waals surface area (Å²) in [6.45, 7) is 0.558. The van der Waals surface area contributed by atoms with E-state index >= 15 is 0 Å². The molecular formula is C22H24N4O2. The van der Waals surface area contributed by atoms with Gasteiger partial charge in [-0.15, -0.1) is 0 Å². The predicted octanol–water partition coefficient (Wildman–Crippen LogP) is 2.81. The maximum atomic E-state index is 13.0. The highest BCUT2D eigenvalue weighted by atomic mass is 16.5. The number of hydrogen-bond acceptors (Lipinski definition) is 5. The zero-order valence-corrected chi connectivity index (χ0v) is 16.1. The summed E-state index contributed by atoms with van der Waals surface area (Å²) in [7, 11) is 3.51. The van der Waals surface area contributed by atoms with Crippen LogP contribution in [0.5, 0.6) is 5.75 Å². The highest BCUT2D eigenvalue weighted by molar-refractivity contribution is 5.86. The molecule has 0 radical (unpaired) electrons. The number of carbonyl (C=O) groups is 1. The summed E-state index contributed by atoms with van der Waals surface area (Å²) in [6, 6.07) is 15.8. The number of aromatic nitrogens is 1. The minimum absolute atomic E-state index is 0.0704.